The van der Waals surface area contributed by atoms with Crippen molar-refractivity contribution >= 4 is 5.97 Å². The summed E-state index contributed by atoms with van der Waals surface area (Å²) in [6, 6.07) is 0. The highest BCUT2D eigenvalue weighted by Crippen LogP contribution is 2.52. The van der Waals surface area contributed by atoms with Gasteiger partial charge in [-0.25, -0.2) is 0 Å². The fourth-order valence-electron chi connectivity index (χ4n) is 1.53. The summed E-state index contributed by atoms with van der Waals surface area (Å²) < 4.78 is 0. The predicted octanol–water partition coefficient (Wildman–Crippen LogP) is 2.29. The maximum absolute atomic E-state index is 10.7. The highest BCUT2D eigenvalue weighted by atomic mass is 16.4. The Labute approximate surface area is 67.6 Å². The topological polar surface area (TPSA) is 37.3 Å². The van der Waals surface area contributed by atoms with Crippen molar-refractivity contribution in [3.63, 3.8) is 0 Å². The van der Waals surface area contributed by atoms with Crippen LogP contribution in [0.4, 0.5) is 0 Å². The summed E-state index contributed by atoms with van der Waals surface area (Å²) in [5.74, 6) is -0.675. The summed E-state index contributed by atoms with van der Waals surface area (Å²) in [6.45, 7) is 5.77. The quantitative estimate of drug-likeness (QED) is 0.680. The Morgan fingerprint density at radius 3 is 2.27 bits per heavy atom. The maximum atomic E-state index is 10.7. The lowest BCUT2D eigenvalue weighted by atomic mass is 9.82. The summed E-state index contributed by atoms with van der Waals surface area (Å²) in [6.07, 6.45) is 3.21. The number of rotatable bonds is 3. The van der Waals surface area contributed by atoms with Gasteiger partial charge in [-0.3, -0.25) is 4.79 Å². The van der Waals surface area contributed by atoms with Crippen LogP contribution in [0.1, 0.15) is 40.0 Å². The summed E-state index contributed by atoms with van der Waals surface area (Å²) in [4.78, 5) is 10.7. The zero-order valence-corrected chi connectivity index (χ0v) is 7.48. The predicted molar refractivity (Wildman–Crippen MR) is 43.4 cm³/mol. The molecule has 1 fully saturated rings. The number of carboxylic acids is 1. The monoisotopic (exact) mass is 156 g/mol. The molecule has 1 aliphatic rings. The molecule has 11 heavy (non-hydrogen) atoms. The van der Waals surface area contributed by atoms with E-state index in [1.165, 1.54) is 12.8 Å². The molecule has 1 rings (SSSR count). The Bertz CT molecular complexity index is 178. The molecule has 0 heterocycles. The second kappa shape index (κ2) is 2.23. The molecular formula is C9H16O2. The molecule has 2 nitrogen and oxygen atoms in total. The van der Waals surface area contributed by atoms with E-state index in [1.54, 1.807) is 13.8 Å². The summed E-state index contributed by atoms with van der Waals surface area (Å²) in [7, 11) is 0. The van der Waals surface area contributed by atoms with E-state index >= 15 is 0 Å². The summed E-state index contributed by atoms with van der Waals surface area (Å²) in [5.41, 5.74) is -0.201. The van der Waals surface area contributed by atoms with Crippen LogP contribution >= 0.6 is 0 Å². The molecule has 0 amide bonds. The summed E-state index contributed by atoms with van der Waals surface area (Å²) >= 11 is 0. The van der Waals surface area contributed by atoms with Gasteiger partial charge in [-0.05, 0) is 38.5 Å². The van der Waals surface area contributed by atoms with Crippen LogP contribution in [-0.4, -0.2) is 11.1 Å². The molecule has 0 radical (unpaired) electrons. The number of carbonyl (C=O) groups is 1. The van der Waals surface area contributed by atoms with Gasteiger partial charge in [-0.1, -0.05) is 6.92 Å². The van der Waals surface area contributed by atoms with Gasteiger partial charge >= 0.3 is 5.97 Å². The van der Waals surface area contributed by atoms with Crippen molar-refractivity contribution in [1.82, 2.24) is 0 Å². The smallest absolute Gasteiger partial charge is 0.309 e. The molecule has 1 aliphatic carbocycles. The second-order valence-corrected chi connectivity index (χ2v) is 4.68. The molecule has 1 N–H and O–H groups in total. The van der Waals surface area contributed by atoms with E-state index in [4.69, 9.17) is 5.11 Å². The molecule has 0 aromatic carbocycles. The molecule has 2 heteroatoms. The third kappa shape index (κ3) is 1.95. The highest BCUT2D eigenvalue weighted by molar-refractivity contribution is 5.73. The zero-order valence-electron chi connectivity index (χ0n) is 7.48. The fraction of sp³-hybridized carbons (Fsp3) is 0.889. The first-order valence-electron chi connectivity index (χ1n) is 4.09. The summed E-state index contributed by atoms with van der Waals surface area (Å²) in [5, 5.41) is 8.83. The Kier molecular flexibility index (Phi) is 1.73. The van der Waals surface area contributed by atoms with Gasteiger partial charge in [-0.15, -0.1) is 0 Å². The first kappa shape index (κ1) is 8.57. The molecular weight excluding hydrogens is 140 g/mol. The van der Waals surface area contributed by atoms with Gasteiger partial charge in [0.1, 0.15) is 0 Å². The van der Waals surface area contributed by atoms with Gasteiger partial charge in [0.25, 0.3) is 0 Å². The van der Waals surface area contributed by atoms with Crippen LogP contribution in [0.5, 0.6) is 0 Å². The van der Waals surface area contributed by atoms with Crippen LogP contribution < -0.4 is 0 Å². The average molecular weight is 156 g/mol. The Hall–Kier alpha value is -0.530. The molecule has 0 spiro atoms. The van der Waals surface area contributed by atoms with Gasteiger partial charge < -0.3 is 5.11 Å². The molecule has 1 saturated carbocycles. The maximum Gasteiger partial charge on any atom is 0.309 e. The lowest BCUT2D eigenvalue weighted by Gasteiger charge is -2.22. The average Bonchev–Trinajstić information content (AvgIpc) is 2.45. The lowest BCUT2D eigenvalue weighted by Crippen LogP contribution is -2.26. The molecule has 0 unspecified atom stereocenters. The molecule has 0 aliphatic heterocycles. The minimum absolute atomic E-state index is 0.335. The van der Waals surface area contributed by atoms with Crippen molar-refractivity contribution in [2.24, 2.45) is 10.8 Å². The largest absolute Gasteiger partial charge is 0.481 e. The van der Waals surface area contributed by atoms with Gasteiger partial charge in [-0.2, -0.15) is 0 Å². The van der Waals surface area contributed by atoms with Crippen molar-refractivity contribution in [2.75, 3.05) is 0 Å². The number of aliphatic carboxylic acids is 1. The number of hydrogen-bond acceptors (Lipinski definition) is 1. The van der Waals surface area contributed by atoms with E-state index in [1.807, 2.05) is 0 Å². The molecule has 0 saturated heterocycles. The highest BCUT2D eigenvalue weighted by Gasteiger charge is 2.44. The third-order valence-electron chi connectivity index (χ3n) is 2.55. The molecule has 0 aromatic heterocycles. The number of hydrogen-bond donors (Lipinski definition) is 1. The van der Waals surface area contributed by atoms with E-state index in [-0.39, 0.29) is 0 Å². The molecule has 0 bridgehead atoms. The Morgan fingerprint density at radius 1 is 1.55 bits per heavy atom. The lowest BCUT2D eigenvalue weighted by molar-refractivity contribution is -0.148. The van der Waals surface area contributed by atoms with E-state index in [2.05, 4.69) is 6.92 Å². The van der Waals surface area contributed by atoms with Crippen LogP contribution in [0.15, 0.2) is 0 Å². The van der Waals surface area contributed by atoms with Gasteiger partial charge in [0.05, 0.1) is 5.41 Å². The van der Waals surface area contributed by atoms with Crippen LogP contribution in [0.3, 0.4) is 0 Å². The first-order chi connectivity index (χ1) is 4.86. The standard InChI is InChI=1S/C9H16O2/c1-8(2,7(10)11)6-9(3)4-5-9/h4-6H2,1-3H3,(H,10,11). The minimum Gasteiger partial charge on any atom is -0.481 e. The van der Waals surface area contributed by atoms with Gasteiger partial charge in [0, 0.05) is 0 Å². The van der Waals surface area contributed by atoms with Crippen LogP contribution in [0, 0.1) is 10.8 Å². The van der Waals surface area contributed by atoms with Crippen LogP contribution in [0.25, 0.3) is 0 Å². The van der Waals surface area contributed by atoms with E-state index in [9.17, 15) is 4.79 Å². The first-order valence-corrected chi connectivity index (χ1v) is 4.09. The zero-order chi connectivity index (χ0) is 8.70. The van der Waals surface area contributed by atoms with Gasteiger partial charge in [0.2, 0.25) is 0 Å². The number of carboxylic acid groups (broad SMARTS) is 1. The van der Waals surface area contributed by atoms with E-state index < -0.39 is 11.4 Å². The van der Waals surface area contributed by atoms with Crippen molar-refractivity contribution < 1.29 is 9.90 Å². The van der Waals surface area contributed by atoms with Crippen LogP contribution in [-0.2, 0) is 4.79 Å². The van der Waals surface area contributed by atoms with Crippen molar-refractivity contribution in [3.8, 4) is 0 Å². The fourth-order valence-corrected chi connectivity index (χ4v) is 1.53. The Balaban J connectivity index is 2.52. The molecule has 0 aromatic rings. The van der Waals surface area contributed by atoms with Gasteiger partial charge in [0.15, 0.2) is 0 Å². The van der Waals surface area contributed by atoms with E-state index in [0.717, 1.165) is 6.42 Å². The SMILES string of the molecule is CC1(CC(C)(C)C(=O)O)CC1. The van der Waals surface area contributed by atoms with E-state index in [0.29, 0.717) is 5.41 Å². The van der Waals surface area contributed by atoms with Crippen molar-refractivity contribution in [1.29, 1.82) is 0 Å². The normalized spacial score (nSPS) is 21.4. The molecule has 0 atom stereocenters. The Morgan fingerprint density at radius 2 is 2.00 bits per heavy atom. The van der Waals surface area contributed by atoms with Crippen molar-refractivity contribution in [2.45, 2.75) is 40.0 Å². The second-order valence-electron chi connectivity index (χ2n) is 4.68. The third-order valence-corrected chi connectivity index (χ3v) is 2.55. The minimum atomic E-state index is -0.675. The van der Waals surface area contributed by atoms with Crippen molar-refractivity contribution in [3.05, 3.63) is 0 Å². The van der Waals surface area contributed by atoms with Crippen LogP contribution in [0.2, 0.25) is 0 Å². The molecule has 64 valence electrons.